The van der Waals surface area contributed by atoms with Crippen LogP contribution in [-0.4, -0.2) is 13.8 Å². The van der Waals surface area contributed by atoms with Crippen molar-refractivity contribution in [1.82, 2.24) is 4.98 Å². The van der Waals surface area contributed by atoms with Crippen LogP contribution in [0.4, 0.5) is 0 Å². The van der Waals surface area contributed by atoms with Gasteiger partial charge in [-0.15, -0.1) is 0 Å². The highest BCUT2D eigenvalue weighted by Gasteiger charge is 2.38. The Balaban J connectivity index is 2.98. The summed E-state index contributed by atoms with van der Waals surface area (Å²) in [4.78, 5) is 3.86. The smallest absolute Gasteiger partial charge is 0.148 e. The molecule has 0 aromatic carbocycles. The molecule has 1 aliphatic carbocycles. The molecule has 1 rings (SSSR count). The van der Waals surface area contributed by atoms with E-state index >= 15 is 0 Å². The minimum absolute atomic E-state index is 0.202. The average Bonchev–Trinajstić information content (AvgIpc) is 1.97. The summed E-state index contributed by atoms with van der Waals surface area (Å²) in [6.07, 6.45) is 8.01. The summed E-state index contributed by atoms with van der Waals surface area (Å²) < 4.78 is 0. The van der Waals surface area contributed by atoms with Gasteiger partial charge in [-0.05, 0) is 32.6 Å². The van der Waals surface area contributed by atoms with E-state index in [1.807, 2.05) is 0 Å². The van der Waals surface area contributed by atoms with Gasteiger partial charge in [-0.2, -0.15) is 0 Å². The zero-order valence-electron chi connectivity index (χ0n) is 11.9. The van der Waals surface area contributed by atoms with Crippen molar-refractivity contribution in [1.29, 1.82) is 0 Å². The Labute approximate surface area is 102 Å². The molecule has 0 amide bonds. The van der Waals surface area contributed by atoms with Gasteiger partial charge in [0.15, 0.2) is 0 Å². The fourth-order valence-corrected chi connectivity index (χ4v) is 7.24. The van der Waals surface area contributed by atoms with Crippen molar-refractivity contribution >= 4 is 8.24 Å². The van der Waals surface area contributed by atoms with Crippen LogP contribution in [0.2, 0.25) is 13.1 Å². The van der Waals surface area contributed by atoms with Gasteiger partial charge in [0.05, 0.1) is 0 Å². The average molecular weight is 237 g/mol. The summed E-state index contributed by atoms with van der Waals surface area (Å²) in [5, 5.41) is 1.64. The molecule has 0 aromatic heterocycles. The molecule has 0 unspecified atom stereocenters. The molecule has 2 heteroatoms. The maximum Gasteiger partial charge on any atom is 0.148 e. The lowest BCUT2D eigenvalue weighted by Crippen LogP contribution is -2.58. The van der Waals surface area contributed by atoms with Crippen molar-refractivity contribution in [3.05, 3.63) is 23.4 Å². The molecule has 0 atom stereocenters. The fourth-order valence-electron chi connectivity index (χ4n) is 2.92. The molecule has 0 saturated heterocycles. The van der Waals surface area contributed by atoms with Crippen LogP contribution in [0.5, 0.6) is 0 Å². The van der Waals surface area contributed by atoms with Crippen molar-refractivity contribution in [2.45, 2.75) is 59.7 Å². The van der Waals surface area contributed by atoms with Crippen molar-refractivity contribution in [2.24, 2.45) is 5.41 Å². The van der Waals surface area contributed by atoms with Gasteiger partial charge in [0.25, 0.3) is 0 Å². The molecule has 16 heavy (non-hydrogen) atoms. The quantitative estimate of drug-likeness (QED) is 0.715. The number of allylic oxidation sites excluding steroid dienone is 4. The van der Waals surface area contributed by atoms with Crippen LogP contribution in [0.3, 0.4) is 0 Å². The predicted octanol–water partition coefficient (Wildman–Crippen LogP) is 4.03. The summed E-state index contributed by atoms with van der Waals surface area (Å²) in [6.45, 7) is 16.3. The summed E-state index contributed by atoms with van der Waals surface area (Å²) in [7, 11) is -1.51. The molecule has 0 spiro atoms. The molecule has 1 nitrogen and oxygen atoms in total. The lowest BCUT2D eigenvalue weighted by atomic mass is 9.86. The second-order valence-corrected chi connectivity index (χ2v) is 11.1. The van der Waals surface area contributed by atoms with Crippen molar-refractivity contribution < 1.29 is 0 Å². The Hall–Kier alpha value is -0.343. The number of rotatable bonds is 2. The standard InChI is InChI=1S/C14H27NSi/c1-13(2,3)15-16(6,7)12-10-8-9-11-14(12,4)5/h8-10,15H,11H2,1-7H3. The topological polar surface area (TPSA) is 12.0 Å². The Bertz CT molecular complexity index is 316. The maximum absolute atomic E-state index is 3.86. The zero-order valence-corrected chi connectivity index (χ0v) is 12.9. The largest absolute Gasteiger partial charge is 0.329 e. The van der Waals surface area contributed by atoms with Crippen LogP contribution >= 0.6 is 0 Å². The van der Waals surface area contributed by atoms with Gasteiger partial charge in [0, 0.05) is 5.54 Å². The number of nitrogens with one attached hydrogen (secondary N) is 1. The number of hydrogen-bond donors (Lipinski definition) is 1. The first kappa shape index (κ1) is 13.7. The molecule has 0 heterocycles. The van der Waals surface area contributed by atoms with E-state index in [0.717, 1.165) is 0 Å². The molecule has 0 bridgehead atoms. The second kappa shape index (κ2) is 4.15. The number of hydrogen-bond acceptors (Lipinski definition) is 1. The van der Waals surface area contributed by atoms with E-state index in [-0.39, 0.29) is 5.54 Å². The monoisotopic (exact) mass is 237 g/mol. The molecule has 0 fully saturated rings. The van der Waals surface area contributed by atoms with Crippen LogP contribution in [0, 0.1) is 5.41 Å². The van der Waals surface area contributed by atoms with E-state index in [2.05, 4.69) is 70.9 Å². The summed E-state index contributed by atoms with van der Waals surface area (Å²) in [6, 6.07) is 0. The molecule has 92 valence electrons. The first-order chi connectivity index (χ1) is 7.05. The van der Waals surface area contributed by atoms with Crippen molar-refractivity contribution in [3.8, 4) is 0 Å². The zero-order chi connectivity index (χ0) is 12.6. The van der Waals surface area contributed by atoms with Crippen LogP contribution in [0.1, 0.15) is 41.0 Å². The lowest BCUT2D eigenvalue weighted by molar-refractivity contribution is 0.455. The molecule has 0 aromatic rings. The molecular weight excluding hydrogens is 210 g/mol. The molecule has 0 saturated carbocycles. The highest BCUT2D eigenvalue weighted by Crippen LogP contribution is 2.38. The van der Waals surface area contributed by atoms with Gasteiger partial charge < -0.3 is 4.98 Å². The maximum atomic E-state index is 3.86. The van der Waals surface area contributed by atoms with E-state index in [4.69, 9.17) is 0 Å². The van der Waals surface area contributed by atoms with Crippen LogP contribution in [0.15, 0.2) is 23.4 Å². The first-order valence-corrected chi connectivity index (χ1v) is 9.22. The Morgan fingerprint density at radius 1 is 1.25 bits per heavy atom. The van der Waals surface area contributed by atoms with Gasteiger partial charge >= 0.3 is 0 Å². The Kier molecular flexibility index (Phi) is 3.56. The van der Waals surface area contributed by atoms with Crippen LogP contribution in [0.25, 0.3) is 0 Å². The normalized spacial score (nSPS) is 20.8. The summed E-state index contributed by atoms with van der Waals surface area (Å²) in [5.74, 6) is 0. The molecule has 1 aliphatic rings. The highest BCUT2D eigenvalue weighted by atomic mass is 28.3. The van der Waals surface area contributed by atoms with E-state index in [0.29, 0.717) is 5.41 Å². The lowest BCUT2D eigenvalue weighted by Gasteiger charge is -2.42. The SMILES string of the molecule is CC(C)(C)N[Si](C)(C)C1=CC=CCC1(C)C. The predicted molar refractivity (Wildman–Crippen MR) is 76.0 cm³/mol. The third kappa shape index (κ3) is 3.32. The van der Waals surface area contributed by atoms with Crippen LogP contribution < -0.4 is 4.98 Å². The van der Waals surface area contributed by atoms with Gasteiger partial charge in [-0.25, -0.2) is 0 Å². The molecular formula is C14H27NSi. The van der Waals surface area contributed by atoms with Gasteiger partial charge in [-0.1, -0.05) is 50.4 Å². The third-order valence-electron chi connectivity index (χ3n) is 3.12. The highest BCUT2D eigenvalue weighted by molar-refractivity contribution is 6.82. The minimum Gasteiger partial charge on any atom is -0.329 e. The Morgan fingerprint density at radius 3 is 2.25 bits per heavy atom. The third-order valence-corrected chi connectivity index (χ3v) is 6.68. The van der Waals surface area contributed by atoms with Gasteiger partial charge in [-0.3, -0.25) is 0 Å². The summed E-state index contributed by atoms with van der Waals surface area (Å²) in [5.41, 5.74) is 0.524. The van der Waals surface area contributed by atoms with E-state index in [9.17, 15) is 0 Å². The van der Waals surface area contributed by atoms with Crippen molar-refractivity contribution in [3.63, 3.8) is 0 Å². The minimum atomic E-state index is -1.51. The molecule has 1 N–H and O–H groups in total. The van der Waals surface area contributed by atoms with E-state index in [1.165, 1.54) is 6.42 Å². The van der Waals surface area contributed by atoms with E-state index < -0.39 is 8.24 Å². The van der Waals surface area contributed by atoms with Gasteiger partial charge in [0.2, 0.25) is 0 Å². The van der Waals surface area contributed by atoms with Crippen LogP contribution in [-0.2, 0) is 0 Å². The summed E-state index contributed by atoms with van der Waals surface area (Å²) >= 11 is 0. The Morgan fingerprint density at radius 2 is 1.81 bits per heavy atom. The molecule has 0 radical (unpaired) electrons. The van der Waals surface area contributed by atoms with Gasteiger partial charge in [0.1, 0.15) is 8.24 Å². The van der Waals surface area contributed by atoms with Crippen molar-refractivity contribution in [2.75, 3.05) is 0 Å². The molecule has 0 aliphatic heterocycles. The first-order valence-electron chi connectivity index (χ1n) is 6.22. The second-order valence-electron chi connectivity index (χ2n) is 7.10. The fraction of sp³-hybridized carbons (Fsp3) is 0.714. The van der Waals surface area contributed by atoms with E-state index in [1.54, 1.807) is 5.20 Å².